The third kappa shape index (κ3) is 6.57. The van der Waals surface area contributed by atoms with Gasteiger partial charge < -0.3 is 25.6 Å². The molecule has 3 aromatic rings. The molecule has 3 N–H and O–H groups in total. The number of carbonyl (C=O) groups excluding carboxylic acids is 2. The van der Waals surface area contributed by atoms with Crippen LogP contribution >= 0.6 is 0 Å². The van der Waals surface area contributed by atoms with E-state index in [1.165, 1.54) is 0 Å². The smallest absolute Gasteiger partial charge is 0.319 e. The first kappa shape index (κ1) is 22.4. The second-order valence-electron chi connectivity index (χ2n) is 7.84. The summed E-state index contributed by atoms with van der Waals surface area (Å²) in [6.07, 6.45) is 0.376. The monoisotopic (exact) mass is 444 g/mol. The Morgan fingerprint density at radius 1 is 0.788 bits per heavy atom. The molecule has 7 nitrogen and oxygen atoms in total. The summed E-state index contributed by atoms with van der Waals surface area (Å²) in [7, 11) is 0. The minimum absolute atomic E-state index is 0.277. The number of carbonyl (C=O) groups is 2. The molecule has 0 aromatic heterocycles. The molecule has 0 aliphatic carbocycles. The van der Waals surface area contributed by atoms with Gasteiger partial charge in [-0.15, -0.1) is 0 Å². The van der Waals surface area contributed by atoms with Crippen molar-refractivity contribution in [3.05, 3.63) is 90.5 Å². The molecule has 0 radical (unpaired) electrons. The van der Waals surface area contributed by atoms with E-state index in [4.69, 9.17) is 4.74 Å². The fourth-order valence-electron chi connectivity index (χ4n) is 3.71. The molecule has 1 aliphatic heterocycles. The van der Waals surface area contributed by atoms with Gasteiger partial charge in [-0.05, 0) is 42.0 Å². The van der Waals surface area contributed by atoms with E-state index < -0.39 is 12.1 Å². The molecule has 1 aliphatic rings. The number of para-hydroxylation sites is 1. The van der Waals surface area contributed by atoms with E-state index in [9.17, 15) is 9.59 Å². The van der Waals surface area contributed by atoms with E-state index in [1.54, 1.807) is 12.1 Å². The molecule has 0 bridgehead atoms. The Morgan fingerprint density at radius 3 is 2.06 bits per heavy atom. The molecule has 1 heterocycles. The number of anilines is 3. The molecule has 4 rings (SSSR count). The van der Waals surface area contributed by atoms with Crippen LogP contribution in [0.5, 0.6) is 0 Å². The van der Waals surface area contributed by atoms with Crippen molar-refractivity contribution in [1.82, 2.24) is 5.32 Å². The van der Waals surface area contributed by atoms with E-state index in [0.717, 1.165) is 37.6 Å². The summed E-state index contributed by atoms with van der Waals surface area (Å²) in [6, 6.07) is 25.3. The summed E-state index contributed by atoms with van der Waals surface area (Å²) < 4.78 is 5.40. The van der Waals surface area contributed by atoms with Gasteiger partial charge in [-0.3, -0.25) is 4.79 Å². The SMILES string of the molecule is O=C(Nc1ccccc1)N[C@H](Cc1ccccc1)C(=O)Nc1ccc(N2CCOCC2)cc1. The van der Waals surface area contributed by atoms with Crippen molar-refractivity contribution in [3.8, 4) is 0 Å². The summed E-state index contributed by atoms with van der Waals surface area (Å²) in [5, 5.41) is 8.52. The first-order chi connectivity index (χ1) is 16.2. The highest BCUT2D eigenvalue weighted by molar-refractivity contribution is 5.99. The maximum Gasteiger partial charge on any atom is 0.319 e. The number of ether oxygens (including phenoxy) is 1. The number of urea groups is 1. The Kier molecular flexibility index (Phi) is 7.56. The fraction of sp³-hybridized carbons (Fsp3) is 0.231. The highest BCUT2D eigenvalue weighted by Crippen LogP contribution is 2.19. The molecule has 1 atom stereocenters. The van der Waals surface area contributed by atoms with Crippen molar-refractivity contribution >= 4 is 29.0 Å². The van der Waals surface area contributed by atoms with Crippen LogP contribution in [0.4, 0.5) is 21.9 Å². The van der Waals surface area contributed by atoms with Crippen LogP contribution in [-0.4, -0.2) is 44.3 Å². The lowest BCUT2D eigenvalue weighted by atomic mass is 10.1. The van der Waals surface area contributed by atoms with E-state index in [1.807, 2.05) is 72.8 Å². The van der Waals surface area contributed by atoms with Crippen LogP contribution in [0.3, 0.4) is 0 Å². The molecule has 3 amide bonds. The number of nitrogens with zero attached hydrogens (tertiary/aromatic N) is 1. The molecule has 0 unspecified atom stereocenters. The van der Waals surface area contributed by atoms with Crippen molar-refractivity contribution in [2.45, 2.75) is 12.5 Å². The summed E-state index contributed by atoms with van der Waals surface area (Å²) in [5.74, 6) is -0.277. The van der Waals surface area contributed by atoms with Gasteiger partial charge in [-0.1, -0.05) is 48.5 Å². The van der Waals surface area contributed by atoms with Crippen LogP contribution < -0.4 is 20.9 Å². The molecule has 1 fully saturated rings. The van der Waals surface area contributed by atoms with Crippen molar-refractivity contribution in [3.63, 3.8) is 0 Å². The number of rotatable bonds is 7. The number of nitrogens with one attached hydrogen (secondary N) is 3. The minimum Gasteiger partial charge on any atom is -0.378 e. The average molecular weight is 445 g/mol. The predicted octanol–water partition coefficient (Wildman–Crippen LogP) is 3.89. The van der Waals surface area contributed by atoms with Crippen molar-refractivity contribution in [2.75, 3.05) is 41.8 Å². The van der Waals surface area contributed by atoms with Crippen LogP contribution in [0.25, 0.3) is 0 Å². The molecular weight excluding hydrogens is 416 g/mol. The number of hydrogen-bond donors (Lipinski definition) is 3. The van der Waals surface area contributed by atoms with Gasteiger partial charge in [0.05, 0.1) is 13.2 Å². The lowest BCUT2D eigenvalue weighted by Crippen LogP contribution is -2.46. The van der Waals surface area contributed by atoms with Gasteiger partial charge in [0.25, 0.3) is 0 Å². The Morgan fingerprint density at radius 2 is 1.39 bits per heavy atom. The Balaban J connectivity index is 1.42. The van der Waals surface area contributed by atoms with Crippen LogP contribution in [-0.2, 0) is 16.0 Å². The largest absolute Gasteiger partial charge is 0.378 e. The first-order valence-corrected chi connectivity index (χ1v) is 11.1. The molecule has 7 heteroatoms. The number of morpholine rings is 1. The normalized spacial score (nSPS) is 14.2. The number of hydrogen-bond acceptors (Lipinski definition) is 4. The first-order valence-electron chi connectivity index (χ1n) is 11.1. The molecule has 1 saturated heterocycles. The van der Waals surface area contributed by atoms with Gasteiger partial charge in [0.15, 0.2) is 0 Å². The predicted molar refractivity (Wildman–Crippen MR) is 131 cm³/mol. The standard InChI is InChI=1S/C26H28N4O3/c31-25(27-22-11-13-23(14-12-22)30-15-17-33-18-16-30)24(19-20-7-3-1-4-8-20)29-26(32)28-21-9-5-2-6-10-21/h1-14,24H,15-19H2,(H,27,31)(H2,28,29,32)/t24-/m1/s1. The molecule has 0 saturated carbocycles. The minimum atomic E-state index is -0.741. The van der Waals surface area contributed by atoms with E-state index >= 15 is 0 Å². The molecule has 0 spiro atoms. The second kappa shape index (κ2) is 11.2. The van der Waals surface area contributed by atoms with E-state index in [0.29, 0.717) is 17.8 Å². The summed E-state index contributed by atoms with van der Waals surface area (Å²) in [6.45, 7) is 3.14. The van der Waals surface area contributed by atoms with Crippen molar-refractivity contribution in [2.24, 2.45) is 0 Å². The van der Waals surface area contributed by atoms with Gasteiger partial charge in [0.2, 0.25) is 5.91 Å². The Hall–Kier alpha value is -3.84. The highest BCUT2D eigenvalue weighted by atomic mass is 16.5. The molecule has 3 aromatic carbocycles. The Bertz CT molecular complexity index is 1040. The van der Waals surface area contributed by atoms with Crippen molar-refractivity contribution < 1.29 is 14.3 Å². The highest BCUT2D eigenvalue weighted by Gasteiger charge is 2.22. The lowest BCUT2D eigenvalue weighted by Gasteiger charge is -2.29. The topological polar surface area (TPSA) is 82.7 Å². The summed E-state index contributed by atoms with van der Waals surface area (Å²) in [5.41, 5.74) is 3.39. The maximum absolute atomic E-state index is 13.1. The third-order valence-electron chi connectivity index (χ3n) is 5.45. The van der Waals surface area contributed by atoms with Crippen LogP contribution in [0.15, 0.2) is 84.9 Å². The van der Waals surface area contributed by atoms with E-state index in [2.05, 4.69) is 20.9 Å². The van der Waals surface area contributed by atoms with Gasteiger partial charge >= 0.3 is 6.03 Å². The number of benzene rings is 3. The zero-order valence-electron chi connectivity index (χ0n) is 18.4. The zero-order valence-corrected chi connectivity index (χ0v) is 18.4. The quantitative estimate of drug-likeness (QED) is 0.516. The van der Waals surface area contributed by atoms with Crippen molar-refractivity contribution in [1.29, 1.82) is 0 Å². The molecule has 33 heavy (non-hydrogen) atoms. The Labute approximate surface area is 193 Å². The molecule has 170 valence electrons. The third-order valence-corrected chi connectivity index (χ3v) is 5.45. The summed E-state index contributed by atoms with van der Waals surface area (Å²) >= 11 is 0. The van der Waals surface area contributed by atoms with Gasteiger partial charge in [0, 0.05) is 36.6 Å². The van der Waals surface area contributed by atoms with Crippen LogP contribution in [0.2, 0.25) is 0 Å². The number of amides is 3. The second-order valence-corrected chi connectivity index (χ2v) is 7.84. The zero-order chi connectivity index (χ0) is 22.9. The average Bonchev–Trinajstić information content (AvgIpc) is 2.86. The van der Waals surface area contributed by atoms with E-state index in [-0.39, 0.29) is 5.91 Å². The summed E-state index contributed by atoms with van der Waals surface area (Å²) in [4.78, 5) is 27.9. The van der Waals surface area contributed by atoms with Crippen LogP contribution in [0, 0.1) is 0 Å². The maximum atomic E-state index is 13.1. The van der Waals surface area contributed by atoms with Gasteiger partial charge in [-0.2, -0.15) is 0 Å². The van der Waals surface area contributed by atoms with Gasteiger partial charge in [-0.25, -0.2) is 4.79 Å². The molecular formula is C26H28N4O3. The van der Waals surface area contributed by atoms with Gasteiger partial charge in [0.1, 0.15) is 6.04 Å². The fourth-order valence-corrected chi connectivity index (χ4v) is 3.71. The van der Waals surface area contributed by atoms with Crippen LogP contribution in [0.1, 0.15) is 5.56 Å². The lowest BCUT2D eigenvalue weighted by molar-refractivity contribution is -0.117.